The molecule has 0 bridgehead atoms. The normalized spacial score (nSPS) is 21.2. The van der Waals surface area contributed by atoms with Crippen LogP contribution < -0.4 is 5.43 Å². The Labute approximate surface area is 146 Å². The number of nitrogens with zero attached hydrogens (tertiary/aromatic N) is 4. The molecule has 25 heavy (non-hydrogen) atoms. The predicted octanol–water partition coefficient (Wildman–Crippen LogP) is 4.20. The predicted molar refractivity (Wildman–Crippen MR) is 102 cm³/mol. The van der Waals surface area contributed by atoms with E-state index in [0.717, 1.165) is 34.9 Å². The molecular formula is C19H22N6. The number of benzene rings is 1. The number of hydrogen-bond acceptors (Lipinski definition) is 5. The highest BCUT2D eigenvalue weighted by atomic mass is 15.4. The molecule has 0 aliphatic heterocycles. The highest BCUT2D eigenvalue weighted by Crippen LogP contribution is 2.28. The van der Waals surface area contributed by atoms with Gasteiger partial charge in [0.25, 0.3) is 5.95 Å². The van der Waals surface area contributed by atoms with E-state index in [1.807, 2.05) is 12.3 Å². The maximum absolute atomic E-state index is 4.49. The molecule has 0 fully saturated rings. The minimum Gasteiger partial charge on any atom is -0.338 e. The molecule has 2 aromatic heterocycles. The van der Waals surface area contributed by atoms with Crippen molar-refractivity contribution in [2.45, 2.75) is 33.6 Å². The van der Waals surface area contributed by atoms with Crippen LogP contribution in [-0.2, 0) is 0 Å². The molecule has 1 aliphatic rings. The third-order valence-corrected chi connectivity index (χ3v) is 4.91. The highest BCUT2D eigenvalue weighted by molar-refractivity contribution is 6.03. The number of fused-ring (bicyclic) bond motifs is 3. The van der Waals surface area contributed by atoms with Crippen LogP contribution in [0.15, 0.2) is 34.9 Å². The summed E-state index contributed by atoms with van der Waals surface area (Å²) in [6.45, 7) is 6.52. The zero-order valence-electron chi connectivity index (χ0n) is 14.7. The molecular weight excluding hydrogens is 312 g/mol. The Morgan fingerprint density at radius 2 is 2.16 bits per heavy atom. The number of rotatable bonds is 3. The first-order valence-corrected chi connectivity index (χ1v) is 8.68. The largest absolute Gasteiger partial charge is 0.338 e. The average Bonchev–Trinajstić information content (AvgIpc) is 2.94. The number of aromatic nitrogens is 4. The molecule has 4 rings (SSSR count). The molecule has 0 radical (unpaired) electrons. The van der Waals surface area contributed by atoms with Crippen LogP contribution >= 0.6 is 0 Å². The van der Waals surface area contributed by atoms with Gasteiger partial charge in [0.15, 0.2) is 5.65 Å². The van der Waals surface area contributed by atoms with Gasteiger partial charge in [0.2, 0.25) is 0 Å². The standard InChI is InChI=1S/C19H22N6/c1-11-4-6-14(13(3)8-11)10-20-24-19-22-18-17(23-25-19)15-9-12(2)5-7-16(15)21-18/h4-5,7,9-10,13-14H,6,8H2,1-3H3,(H2,21,22,24,25)/b20-10-/t13-,14-/m1/s1. The highest BCUT2D eigenvalue weighted by Gasteiger charge is 2.18. The Morgan fingerprint density at radius 3 is 3.00 bits per heavy atom. The maximum atomic E-state index is 4.49. The fourth-order valence-corrected chi connectivity index (χ4v) is 3.44. The van der Waals surface area contributed by atoms with Crippen molar-refractivity contribution in [1.29, 1.82) is 0 Å². The number of hydrogen-bond donors (Lipinski definition) is 2. The summed E-state index contributed by atoms with van der Waals surface area (Å²) in [7, 11) is 0. The van der Waals surface area contributed by atoms with E-state index in [0.29, 0.717) is 17.8 Å². The van der Waals surface area contributed by atoms with E-state index in [2.05, 4.69) is 69.7 Å². The van der Waals surface area contributed by atoms with E-state index in [9.17, 15) is 0 Å². The van der Waals surface area contributed by atoms with Gasteiger partial charge in [-0.2, -0.15) is 10.1 Å². The fraction of sp³-hybridized carbons (Fsp3) is 0.368. The van der Waals surface area contributed by atoms with Gasteiger partial charge in [0, 0.05) is 23.0 Å². The first-order chi connectivity index (χ1) is 12.1. The van der Waals surface area contributed by atoms with E-state index in [-0.39, 0.29) is 0 Å². The lowest BCUT2D eigenvalue weighted by Gasteiger charge is -2.24. The summed E-state index contributed by atoms with van der Waals surface area (Å²) in [5, 5.41) is 13.8. The van der Waals surface area contributed by atoms with Crippen LogP contribution in [0.2, 0.25) is 0 Å². The Bertz CT molecular complexity index is 984. The van der Waals surface area contributed by atoms with Gasteiger partial charge in [0.1, 0.15) is 5.52 Å². The molecule has 3 aromatic rings. The summed E-state index contributed by atoms with van der Waals surface area (Å²) in [6, 6.07) is 6.20. The minimum atomic E-state index is 0.405. The van der Waals surface area contributed by atoms with Crippen molar-refractivity contribution < 1.29 is 0 Å². The Kier molecular flexibility index (Phi) is 3.95. The van der Waals surface area contributed by atoms with Crippen molar-refractivity contribution in [3.8, 4) is 0 Å². The Morgan fingerprint density at radius 1 is 1.28 bits per heavy atom. The number of allylic oxidation sites excluding steroid dienone is 2. The van der Waals surface area contributed by atoms with Crippen LogP contribution in [-0.4, -0.2) is 26.4 Å². The van der Waals surface area contributed by atoms with E-state index in [1.165, 1.54) is 11.1 Å². The van der Waals surface area contributed by atoms with Crippen LogP contribution in [0.25, 0.3) is 22.1 Å². The van der Waals surface area contributed by atoms with Crippen molar-refractivity contribution >= 4 is 34.2 Å². The van der Waals surface area contributed by atoms with Crippen molar-refractivity contribution in [3.05, 3.63) is 35.4 Å². The van der Waals surface area contributed by atoms with Gasteiger partial charge in [-0.05, 0) is 44.7 Å². The van der Waals surface area contributed by atoms with Crippen LogP contribution in [0.4, 0.5) is 5.95 Å². The quantitative estimate of drug-likeness (QED) is 0.427. The number of H-pyrrole nitrogens is 1. The van der Waals surface area contributed by atoms with Gasteiger partial charge >= 0.3 is 0 Å². The second kappa shape index (κ2) is 6.27. The zero-order chi connectivity index (χ0) is 17.4. The van der Waals surface area contributed by atoms with Crippen molar-refractivity contribution in [1.82, 2.24) is 20.2 Å². The first-order valence-electron chi connectivity index (χ1n) is 8.68. The lowest BCUT2D eigenvalue weighted by molar-refractivity contribution is 0.438. The topological polar surface area (TPSA) is 78.8 Å². The second-order valence-corrected chi connectivity index (χ2v) is 7.03. The van der Waals surface area contributed by atoms with Crippen molar-refractivity contribution in [2.75, 3.05) is 5.43 Å². The number of nitrogens with one attached hydrogen (secondary N) is 2. The zero-order valence-corrected chi connectivity index (χ0v) is 14.7. The third-order valence-electron chi connectivity index (χ3n) is 4.91. The monoisotopic (exact) mass is 334 g/mol. The second-order valence-electron chi connectivity index (χ2n) is 7.03. The molecule has 0 spiro atoms. The molecule has 6 heteroatoms. The summed E-state index contributed by atoms with van der Waals surface area (Å²) in [6.07, 6.45) is 6.44. The first kappa shape index (κ1) is 15.7. The molecule has 1 aliphatic carbocycles. The van der Waals surface area contributed by atoms with Gasteiger partial charge in [-0.25, -0.2) is 5.43 Å². The van der Waals surface area contributed by atoms with E-state index < -0.39 is 0 Å². The smallest absolute Gasteiger partial charge is 0.265 e. The lowest BCUT2D eigenvalue weighted by atomic mass is 9.82. The van der Waals surface area contributed by atoms with Gasteiger partial charge in [0.05, 0.1) is 0 Å². The molecule has 0 saturated heterocycles. The SMILES string of the molecule is CC1=CC[C@H](/C=N\Nc2nnc3c(n2)[nH]c2ccc(C)cc23)[C@H](C)C1. The molecule has 128 valence electrons. The fourth-order valence-electron chi connectivity index (χ4n) is 3.44. The summed E-state index contributed by atoms with van der Waals surface area (Å²) >= 11 is 0. The number of aryl methyl sites for hydroxylation is 1. The Balaban J connectivity index is 1.54. The molecule has 6 nitrogen and oxygen atoms in total. The third kappa shape index (κ3) is 3.12. The number of anilines is 1. The van der Waals surface area contributed by atoms with E-state index in [1.54, 1.807) is 0 Å². The molecule has 1 aromatic carbocycles. The van der Waals surface area contributed by atoms with Crippen molar-refractivity contribution in [3.63, 3.8) is 0 Å². The van der Waals surface area contributed by atoms with Crippen molar-refractivity contribution in [2.24, 2.45) is 16.9 Å². The molecule has 0 amide bonds. The molecule has 0 saturated carbocycles. The van der Waals surface area contributed by atoms with Gasteiger partial charge in [-0.15, -0.1) is 10.2 Å². The minimum absolute atomic E-state index is 0.405. The molecule has 2 heterocycles. The summed E-state index contributed by atoms with van der Waals surface area (Å²) in [5.74, 6) is 1.46. The molecule has 0 unspecified atom stereocenters. The van der Waals surface area contributed by atoms with Crippen LogP contribution in [0.5, 0.6) is 0 Å². The average molecular weight is 334 g/mol. The van der Waals surface area contributed by atoms with Crippen LogP contribution in [0.1, 0.15) is 32.3 Å². The number of hydrazone groups is 1. The van der Waals surface area contributed by atoms with Crippen LogP contribution in [0, 0.1) is 18.8 Å². The lowest BCUT2D eigenvalue weighted by Crippen LogP contribution is -2.17. The number of aromatic amines is 1. The van der Waals surface area contributed by atoms with Crippen LogP contribution in [0.3, 0.4) is 0 Å². The molecule has 2 N–H and O–H groups in total. The maximum Gasteiger partial charge on any atom is 0.265 e. The van der Waals surface area contributed by atoms with Gasteiger partial charge in [-0.1, -0.05) is 30.2 Å². The van der Waals surface area contributed by atoms with E-state index in [4.69, 9.17) is 0 Å². The summed E-state index contributed by atoms with van der Waals surface area (Å²) < 4.78 is 0. The van der Waals surface area contributed by atoms with E-state index >= 15 is 0 Å². The molecule has 2 atom stereocenters. The van der Waals surface area contributed by atoms with Gasteiger partial charge < -0.3 is 4.98 Å². The van der Waals surface area contributed by atoms with Gasteiger partial charge in [-0.3, -0.25) is 0 Å². The Hall–Kier alpha value is -2.76. The summed E-state index contributed by atoms with van der Waals surface area (Å²) in [4.78, 5) is 7.77. The summed E-state index contributed by atoms with van der Waals surface area (Å²) in [5.41, 5.74) is 8.10.